The highest BCUT2D eigenvalue weighted by atomic mass is 16.5. The normalized spacial score (nSPS) is 23.2. The molecule has 2 aromatic rings. The highest BCUT2D eigenvalue weighted by molar-refractivity contribution is 5.97. The first-order chi connectivity index (χ1) is 9.83. The summed E-state index contributed by atoms with van der Waals surface area (Å²) in [6.07, 6.45) is 4.16. The van der Waals surface area contributed by atoms with E-state index in [2.05, 4.69) is 9.97 Å². The molecule has 104 valence electrons. The van der Waals surface area contributed by atoms with Crippen LogP contribution in [0.4, 0.5) is 0 Å². The lowest BCUT2D eigenvalue weighted by Crippen LogP contribution is -2.49. The molecule has 2 aliphatic rings. The molecule has 1 saturated carbocycles. The molecule has 1 N–H and O–H groups in total. The van der Waals surface area contributed by atoms with Crippen molar-refractivity contribution >= 4 is 16.9 Å². The number of ether oxygens (including phenoxy) is 1. The molecule has 1 saturated heterocycles. The number of carbonyl (C=O) groups excluding carboxylic acids is 1. The number of aromatic amines is 1. The summed E-state index contributed by atoms with van der Waals surface area (Å²) in [6.45, 7) is 1.99. The number of rotatable bonds is 2. The largest absolute Gasteiger partial charge is 0.377 e. The SMILES string of the molecule is O=C(c1cc2cccnc2[nH]1)N1CCOCC1C1CC1. The number of morpholine rings is 1. The molecule has 3 heterocycles. The van der Waals surface area contributed by atoms with Gasteiger partial charge in [-0.25, -0.2) is 4.98 Å². The van der Waals surface area contributed by atoms with Crippen LogP contribution in [0.3, 0.4) is 0 Å². The number of hydrogen-bond donors (Lipinski definition) is 1. The molecule has 5 heteroatoms. The van der Waals surface area contributed by atoms with Gasteiger partial charge in [0.25, 0.3) is 5.91 Å². The van der Waals surface area contributed by atoms with Gasteiger partial charge in [-0.05, 0) is 37.0 Å². The van der Waals surface area contributed by atoms with Crippen molar-refractivity contribution in [3.8, 4) is 0 Å². The van der Waals surface area contributed by atoms with E-state index < -0.39 is 0 Å². The summed E-state index contributed by atoms with van der Waals surface area (Å²) in [5, 5.41) is 0.979. The van der Waals surface area contributed by atoms with Crippen molar-refractivity contribution in [2.45, 2.75) is 18.9 Å². The predicted molar refractivity (Wildman–Crippen MR) is 74.5 cm³/mol. The summed E-state index contributed by atoms with van der Waals surface area (Å²) >= 11 is 0. The monoisotopic (exact) mass is 271 g/mol. The number of nitrogens with one attached hydrogen (secondary N) is 1. The first-order valence-corrected chi connectivity index (χ1v) is 7.15. The Morgan fingerprint density at radius 3 is 3.15 bits per heavy atom. The molecule has 2 fully saturated rings. The van der Waals surface area contributed by atoms with Gasteiger partial charge in [0.05, 0.1) is 19.3 Å². The van der Waals surface area contributed by atoms with Gasteiger partial charge in [0.15, 0.2) is 0 Å². The Labute approximate surface area is 116 Å². The zero-order valence-electron chi connectivity index (χ0n) is 11.2. The molecule has 5 nitrogen and oxygen atoms in total. The van der Waals surface area contributed by atoms with E-state index >= 15 is 0 Å². The smallest absolute Gasteiger partial charge is 0.270 e. The maximum absolute atomic E-state index is 12.7. The predicted octanol–water partition coefficient (Wildman–Crippen LogP) is 1.81. The minimum atomic E-state index is 0.0724. The number of amides is 1. The van der Waals surface area contributed by atoms with Gasteiger partial charge in [0.2, 0.25) is 0 Å². The first-order valence-electron chi connectivity index (χ1n) is 7.15. The molecule has 0 spiro atoms. The standard InChI is InChI=1S/C15H17N3O2/c19-15(12-8-11-2-1-5-16-14(11)17-12)18-6-7-20-9-13(18)10-3-4-10/h1-2,5,8,10,13H,3-4,6-7,9H2,(H,16,17). The molecule has 1 aliphatic heterocycles. The molecular weight excluding hydrogens is 254 g/mol. The Morgan fingerprint density at radius 1 is 1.45 bits per heavy atom. The van der Waals surface area contributed by atoms with Crippen LogP contribution in [0.25, 0.3) is 11.0 Å². The third kappa shape index (κ3) is 1.98. The minimum Gasteiger partial charge on any atom is -0.377 e. The third-order valence-electron chi connectivity index (χ3n) is 4.21. The van der Waals surface area contributed by atoms with E-state index in [1.807, 2.05) is 23.1 Å². The van der Waals surface area contributed by atoms with Gasteiger partial charge in [-0.1, -0.05) is 0 Å². The highest BCUT2D eigenvalue weighted by Crippen LogP contribution is 2.37. The Balaban J connectivity index is 1.64. The van der Waals surface area contributed by atoms with Gasteiger partial charge in [0.1, 0.15) is 11.3 Å². The Morgan fingerprint density at radius 2 is 2.35 bits per heavy atom. The summed E-state index contributed by atoms with van der Waals surface area (Å²) < 4.78 is 5.54. The van der Waals surface area contributed by atoms with Crippen molar-refractivity contribution in [1.29, 1.82) is 0 Å². The number of pyridine rings is 1. The Hall–Kier alpha value is -1.88. The molecule has 0 bridgehead atoms. The average Bonchev–Trinajstić information content (AvgIpc) is 3.25. The summed E-state index contributed by atoms with van der Waals surface area (Å²) in [6, 6.07) is 5.99. The fourth-order valence-electron chi connectivity index (χ4n) is 2.97. The maximum Gasteiger partial charge on any atom is 0.270 e. The van der Waals surface area contributed by atoms with Gasteiger partial charge < -0.3 is 14.6 Å². The van der Waals surface area contributed by atoms with Crippen molar-refractivity contribution in [2.24, 2.45) is 5.92 Å². The van der Waals surface area contributed by atoms with Crippen LogP contribution >= 0.6 is 0 Å². The molecule has 0 aromatic carbocycles. The van der Waals surface area contributed by atoms with Crippen molar-refractivity contribution in [3.63, 3.8) is 0 Å². The number of H-pyrrole nitrogens is 1. The van der Waals surface area contributed by atoms with Crippen LogP contribution in [0, 0.1) is 5.92 Å². The number of hydrogen-bond acceptors (Lipinski definition) is 3. The Kier molecular flexibility index (Phi) is 2.73. The van der Waals surface area contributed by atoms with Crippen LogP contribution in [0.15, 0.2) is 24.4 Å². The third-order valence-corrected chi connectivity index (χ3v) is 4.21. The average molecular weight is 271 g/mol. The number of carbonyl (C=O) groups is 1. The molecule has 0 radical (unpaired) electrons. The molecule has 1 atom stereocenters. The molecule has 4 rings (SSSR count). The van der Waals surface area contributed by atoms with Gasteiger partial charge in [-0.2, -0.15) is 0 Å². The van der Waals surface area contributed by atoms with Crippen LogP contribution < -0.4 is 0 Å². The van der Waals surface area contributed by atoms with E-state index in [1.165, 1.54) is 12.8 Å². The quantitative estimate of drug-likeness (QED) is 0.906. The second-order valence-electron chi connectivity index (χ2n) is 5.60. The van der Waals surface area contributed by atoms with E-state index in [1.54, 1.807) is 6.20 Å². The fourth-order valence-corrected chi connectivity index (χ4v) is 2.97. The van der Waals surface area contributed by atoms with Crippen LogP contribution in [0.5, 0.6) is 0 Å². The van der Waals surface area contributed by atoms with Crippen molar-refractivity contribution < 1.29 is 9.53 Å². The van der Waals surface area contributed by atoms with E-state index in [0.717, 1.165) is 11.0 Å². The van der Waals surface area contributed by atoms with Crippen molar-refractivity contribution in [2.75, 3.05) is 19.8 Å². The number of nitrogens with zero attached hydrogens (tertiary/aromatic N) is 2. The molecule has 2 aromatic heterocycles. The fraction of sp³-hybridized carbons (Fsp3) is 0.467. The molecule has 1 aliphatic carbocycles. The van der Waals surface area contributed by atoms with Gasteiger partial charge >= 0.3 is 0 Å². The molecular formula is C15H17N3O2. The van der Waals surface area contributed by atoms with Gasteiger partial charge in [0, 0.05) is 18.1 Å². The summed E-state index contributed by atoms with van der Waals surface area (Å²) in [5.74, 6) is 0.699. The lowest BCUT2D eigenvalue weighted by atomic mass is 10.1. The van der Waals surface area contributed by atoms with E-state index in [9.17, 15) is 4.79 Å². The number of fused-ring (bicyclic) bond motifs is 1. The highest BCUT2D eigenvalue weighted by Gasteiger charge is 2.39. The topological polar surface area (TPSA) is 58.2 Å². The van der Waals surface area contributed by atoms with Crippen molar-refractivity contribution in [3.05, 3.63) is 30.1 Å². The van der Waals surface area contributed by atoms with Gasteiger partial charge in [-0.3, -0.25) is 4.79 Å². The summed E-state index contributed by atoms with van der Waals surface area (Å²) in [4.78, 5) is 22.1. The van der Waals surface area contributed by atoms with Crippen LogP contribution in [-0.4, -0.2) is 46.6 Å². The van der Waals surface area contributed by atoms with Crippen LogP contribution in [-0.2, 0) is 4.74 Å². The molecule has 1 amide bonds. The molecule has 20 heavy (non-hydrogen) atoms. The second kappa shape index (κ2) is 4.59. The lowest BCUT2D eigenvalue weighted by molar-refractivity contribution is -0.00859. The second-order valence-corrected chi connectivity index (χ2v) is 5.60. The van der Waals surface area contributed by atoms with Crippen LogP contribution in [0.1, 0.15) is 23.3 Å². The summed E-state index contributed by atoms with van der Waals surface area (Å²) in [7, 11) is 0. The van der Waals surface area contributed by atoms with E-state index in [0.29, 0.717) is 31.4 Å². The zero-order chi connectivity index (χ0) is 13.5. The van der Waals surface area contributed by atoms with E-state index in [-0.39, 0.29) is 11.9 Å². The van der Waals surface area contributed by atoms with E-state index in [4.69, 9.17) is 4.74 Å². The van der Waals surface area contributed by atoms with Crippen LogP contribution in [0.2, 0.25) is 0 Å². The first kappa shape index (κ1) is 11.9. The minimum absolute atomic E-state index is 0.0724. The number of aromatic nitrogens is 2. The summed E-state index contributed by atoms with van der Waals surface area (Å²) in [5.41, 5.74) is 1.40. The lowest BCUT2D eigenvalue weighted by Gasteiger charge is -2.35. The molecule has 1 unspecified atom stereocenters. The maximum atomic E-state index is 12.7. The zero-order valence-corrected chi connectivity index (χ0v) is 11.2. The Bertz CT molecular complexity index is 614. The van der Waals surface area contributed by atoms with Gasteiger partial charge in [-0.15, -0.1) is 0 Å². The van der Waals surface area contributed by atoms with Crippen molar-refractivity contribution in [1.82, 2.24) is 14.9 Å².